The number of aromatic nitrogens is 1. The normalized spacial score (nSPS) is 25.7. The number of hydrogen-bond acceptors (Lipinski definition) is 5. The third-order valence-electron chi connectivity index (χ3n) is 5.99. The van der Waals surface area contributed by atoms with Crippen LogP contribution in [-0.2, 0) is 4.79 Å². The Morgan fingerprint density at radius 2 is 2.11 bits per heavy atom. The molecule has 0 N–H and O–H groups in total. The zero-order chi connectivity index (χ0) is 20.1. The molecule has 4 rings (SSSR count). The van der Waals surface area contributed by atoms with E-state index in [1.54, 1.807) is 18.3 Å². The monoisotopic (exact) mass is 383 g/mol. The highest BCUT2D eigenvalue weighted by atomic mass is 16.6. The summed E-state index contributed by atoms with van der Waals surface area (Å²) < 4.78 is 5.79. The summed E-state index contributed by atoms with van der Waals surface area (Å²) in [5.41, 5.74) is 0.790. The number of non-ortho nitro benzene ring substituents is 1. The van der Waals surface area contributed by atoms with E-state index in [0.29, 0.717) is 16.7 Å². The maximum Gasteiger partial charge on any atom is 0.279 e. The number of carbonyl (C=O) groups excluding carboxylic acids is 1. The van der Waals surface area contributed by atoms with Crippen molar-refractivity contribution < 1.29 is 14.5 Å². The second kappa shape index (κ2) is 6.43. The molecule has 1 amide bonds. The number of amides is 1. The molecule has 2 bridgehead atoms. The van der Waals surface area contributed by atoms with Gasteiger partial charge in [0.15, 0.2) is 6.61 Å². The third-order valence-corrected chi connectivity index (χ3v) is 5.99. The van der Waals surface area contributed by atoms with Crippen LogP contribution in [0.2, 0.25) is 0 Å². The molecule has 2 aliphatic rings. The number of carbonyl (C=O) groups is 1. The van der Waals surface area contributed by atoms with Crippen LogP contribution in [0.15, 0.2) is 30.5 Å². The highest BCUT2D eigenvalue weighted by Gasteiger charge is 2.50. The fourth-order valence-electron chi connectivity index (χ4n) is 5.38. The lowest BCUT2D eigenvalue weighted by Gasteiger charge is -2.39. The van der Waals surface area contributed by atoms with Crippen LogP contribution in [0.5, 0.6) is 5.75 Å². The van der Waals surface area contributed by atoms with Crippen molar-refractivity contribution in [2.45, 2.75) is 46.1 Å². The fraction of sp³-hybridized carbons (Fsp3) is 0.524. The van der Waals surface area contributed by atoms with Gasteiger partial charge >= 0.3 is 0 Å². The van der Waals surface area contributed by atoms with Gasteiger partial charge in [-0.25, -0.2) is 0 Å². The predicted molar refractivity (Wildman–Crippen MR) is 105 cm³/mol. The largest absolute Gasteiger partial charge is 0.481 e. The van der Waals surface area contributed by atoms with E-state index in [4.69, 9.17) is 4.74 Å². The molecule has 1 saturated heterocycles. The van der Waals surface area contributed by atoms with Crippen LogP contribution < -0.4 is 4.74 Å². The molecule has 2 atom stereocenters. The molecule has 2 aromatic rings. The molecule has 7 heteroatoms. The number of pyridine rings is 1. The quantitative estimate of drug-likeness (QED) is 0.589. The molecule has 28 heavy (non-hydrogen) atoms. The molecule has 1 aromatic heterocycles. The van der Waals surface area contributed by atoms with Crippen molar-refractivity contribution >= 4 is 22.5 Å². The van der Waals surface area contributed by atoms with Gasteiger partial charge in [-0.15, -0.1) is 0 Å². The Labute approximate surface area is 163 Å². The van der Waals surface area contributed by atoms with Crippen LogP contribution >= 0.6 is 0 Å². The number of ether oxygens (including phenoxy) is 1. The first-order valence-electron chi connectivity index (χ1n) is 9.62. The summed E-state index contributed by atoms with van der Waals surface area (Å²) in [6.07, 6.45) is 4.74. The smallest absolute Gasteiger partial charge is 0.279 e. The Bertz CT molecular complexity index is 958. The van der Waals surface area contributed by atoms with Crippen molar-refractivity contribution in [1.82, 2.24) is 9.88 Å². The number of hydrogen-bond donors (Lipinski definition) is 0. The summed E-state index contributed by atoms with van der Waals surface area (Å²) >= 11 is 0. The summed E-state index contributed by atoms with van der Waals surface area (Å²) in [5, 5.41) is 11.6. The molecule has 1 aliphatic heterocycles. The van der Waals surface area contributed by atoms with Gasteiger partial charge in [0.25, 0.3) is 11.6 Å². The number of nitro benzene ring substituents is 1. The zero-order valence-electron chi connectivity index (χ0n) is 16.5. The van der Waals surface area contributed by atoms with Gasteiger partial charge in [0.05, 0.1) is 10.3 Å². The Morgan fingerprint density at radius 1 is 1.32 bits per heavy atom. The molecule has 148 valence electrons. The fourth-order valence-corrected chi connectivity index (χ4v) is 5.38. The first-order valence-corrected chi connectivity index (χ1v) is 9.62. The van der Waals surface area contributed by atoms with Gasteiger partial charge in [-0.1, -0.05) is 20.8 Å². The van der Waals surface area contributed by atoms with Gasteiger partial charge in [0.1, 0.15) is 11.3 Å². The second-order valence-corrected chi connectivity index (χ2v) is 9.26. The molecule has 0 radical (unpaired) electrons. The van der Waals surface area contributed by atoms with Crippen LogP contribution in [0, 0.1) is 20.9 Å². The molecule has 7 nitrogen and oxygen atoms in total. The van der Waals surface area contributed by atoms with Crippen LogP contribution in [0.3, 0.4) is 0 Å². The van der Waals surface area contributed by atoms with E-state index < -0.39 is 4.92 Å². The lowest BCUT2D eigenvalue weighted by Crippen LogP contribution is -2.40. The lowest BCUT2D eigenvalue weighted by molar-refractivity contribution is -0.383. The number of nitrogens with zero attached hydrogens (tertiary/aromatic N) is 3. The van der Waals surface area contributed by atoms with Gasteiger partial charge in [-0.05, 0) is 48.3 Å². The molecule has 1 aliphatic carbocycles. The van der Waals surface area contributed by atoms with Crippen molar-refractivity contribution in [3.63, 3.8) is 0 Å². The first-order chi connectivity index (χ1) is 13.2. The van der Waals surface area contributed by atoms with Gasteiger partial charge in [-0.3, -0.25) is 19.9 Å². The summed E-state index contributed by atoms with van der Waals surface area (Å²) in [6, 6.07) is 6.47. The van der Waals surface area contributed by atoms with E-state index in [-0.39, 0.29) is 35.1 Å². The standard InChI is InChI=1S/C21H25N3O4/c1-20(2)9-14-10-21(3,12-20)13-23(14)18(25)11-28-17-7-6-16(24(26)27)15-5-4-8-22-19(15)17/h4-8,14H,9-13H2,1-3H3. The minimum Gasteiger partial charge on any atom is -0.481 e. The van der Waals surface area contributed by atoms with Crippen molar-refractivity contribution in [2.24, 2.45) is 10.8 Å². The Hall–Kier alpha value is -2.70. The summed E-state index contributed by atoms with van der Waals surface area (Å²) in [6.45, 7) is 7.50. The number of benzene rings is 1. The predicted octanol–water partition coefficient (Wildman–Crippen LogP) is 3.95. The molecular weight excluding hydrogens is 358 g/mol. The lowest BCUT2D eigenvalue weighted by atomic mass is 9.65. The average Bonchev–Trinajstić information content (AvgIpc) is 2.87. The summed E-state index contributed by atoms with van der Waals surface area (Å²) in [4.78, 5) is 29.9. The second-order valence-electron chi connectivity index (χ2n) is 9.26. The number of likely N-dealkylation sites (tertiary alicyclic amines) is 1. The maximum absolute atomic E-state index is 12.9. The van der Waals surface area contributed by atoms with Crippen LogP contribution in [0.25, 0.3) is 10.9 Å². The van der Waals surface area contributed by atoms with Gasteiger partial charge in [0.2, 0.25) is 0 Å². The average molecular weight is 383 g/mol. The van der Waals surface area contributed by atoms with Gasteiger partial charge in [0, 0.05) is 24.8 Å². The highest BCUT2D eigenvalue weighted by molar-refractivity contribution is 5.92. The van der Waals surface area contributed by atoms with Crippen molar-refractivity contribution in [3.8, 4) is 5.75 Å². The Balaban J connectivity index is 1.52. The minimum absolute atomic E-state index is 0.0229. The van der Waals surface area contributed by atoms with E-state index >= 15 is 0 Å². The van der Waals surface area contributed by atoms with E-state index in [2.05, 4.69) is 25.8 Å². The van der Waals surface area contributed by atoms with E-state index in [1.165, 1.54) is 12.1 Å². The van der Waals surface area contributed by atoms with E-state index in [9.17, 15) is 14.9 Å². The SMILES string of the molecule is CC1(C)CC2CC(C)(CN2C(=O)COc2ccc([N+](=O)[O-])c3cccnc23)C1. The molecule has 0 spiro atoms. The van der Waals surface area contributed by atoms with Crippen LogP contribution in [0.1, 0.15) is 40.0 Å². The summed E-state index contributed by atoms with van der Waals surface area (Å²) in [5.74, 6) is 0.358. The molecule has 2 fully saturated rings. The number of rotatable bonds is 4. The molecule has 1 aromatic carbocycles. The number of fused-ring (bicyclic) bond motifs is 3. The number of nitro groups is 1. The first kappa shape index (κ1) is 18.7. The van der Waals surface area contributed by atoms with Crippen molar-refractivity contribution in [2.75, 3.05) is 13.2 Å². The third kappa shape index (κ3) is 3.30. The van der Waals surface area contributed by atoms with Crippen LogP contribution in [0.4, 0.5) is 5.69 Å². The van der Waals surface area contributed by atoms with Crippen LogP contribution in [-0.4, -0.2) is 39.9 Å². The van der Waals surface area contributed by atoms with Crippen molar-refractivity contribution in [1.29, 1.82) is 0 Å². The molecular formula is C21H25N3O4. The van der Waals surface area contributed by atoms with E-state index in [1.807, 2.05) is 4.90 Å². The highest BCUT2D eigenvalue weighted by Crippen LogP contribution is 2.52. The Kier molecular flexibility index (Phi) is 4.28. The maximum atomic E-state index is 12.9. The topological polar surface area (TPSA) is 85.6 Å². The zero-order valence-corrected chi connectivity index (χ0v) is 16.5. The van der Waals surface area contributed by atoms with Gasteiger partial charge in [-0.2, -0.15) is 0 Å². The Morgan fingerprint density at radius 3 is 2.86 bits per heavy atom. The van der Waals surface area contributed by atoms with E-state index in [0.717, 1.165) is 25.8 Å². The minimum atomic E-state index is -0.439. The molecule has 1 saturated carbocycles. The van der Waals surface area contributed by atoms with Gasteiger partial charge < -0.3 is 9.64 Å². The van der Waals surface area contributed by atoms with Crippen molar-refractivity contribution in [3.05, 3.63) is 40.6 Å². The summed E-state index contributed by atoms with van der Waals surface area (Å²) in [7, 11) is 0. The molecule has 2 unspecified atom stereocenters. The molecule has 2 heterocycles.